The Morgan fingerprint density at radius 1 is 1.47 bits per heavy atom. The highest BCUT2D eigenvalue weighted by molar-refractivity contribution is 7.07. The minimum Gasteiger partial charge on any atom is -0.342 e. The summed E-state index contributed by atoms with van der Waals surface area (Å²) in [7, 11) is 0. The van der Waals surface area contributed by atoms with Gasteiger partial charge in [0.1, 0.15) is 0 Å². The molecule has 1 aromatic heterocycles. The first-order valence-corrected chi connectivity index (χ1v) is 6.97. The van der Waals surface area contributed by atoms with E-state index in [-0.39, 0.29) is 18.0 Å². The van der Waals surface area contributed by atoms with Crippen molar-refractivity contribution in [1.82, 2.24) is 15.2 Å². The third-order valence-electron chi connectivity index (χ3n) is 2.84. The number of thiazole rings is 1. The Bertz CT molecular complexity index is 336. The summed E-state index contributed by atoms with van der Waals surface area (Å²) in [5.41, 5.74) is 2.80. The monoisotopic (exact) mass is 255 g/mol. The van der Waals surface area contributed by atoms with Crippen molar-refractivity contribution < 1.29 is 4.79 Å². The predicted octanol–water partition coefficient (Wildman–Crippen LogP) is 2.05. The fourth-order valence-electron chi connectivity index (χ4n) is 1.78. The van der Waals surface area contributed by atoms with Crippen LogP contribution in [0.15, 0.2) is 10.9 Å². The summed E-state index contributed by atoms with van der Waals surface area (Å²) < 4.78 is 0. The van der Waals surface area contributed by atoms with Gasteiger partial charge in [-0.15, -0.1) is 11.3 Å². The summed E-state index contributed by atoms with van der Waals surface area (Å²) in [6, 6.07) is -0.0673. The molecule has 96 valence electrons. The van der Waals surface area contributed by atoms with Crippen molar-refractivity contribution in [2.24, 2.45) is 0 Å². The molecule has 1 amide bonds. The fourth-order valence-corrected chi connectivity index (χ4v) is 2.42. The number of carbonyl (C=O) groups excluding carboxylic acids is 1. The van der Waals surface area contributed by atoms with Crippen LogP contribution >= 0.6 is 11.3 Å². The van der Waals surface area contributed by atoms with Gasteiger partial charge in [-0.2, -0.15) is 0 Å². The lowest BCUT2D eigenvalue weighted by Gasteiger charge is -2.25. The highest BCUT2D eigenvalue weighted by atomic mass is 32.1. The Hall–Kier alpha value is -0.940. The van der Waals surface area contributed by atoms with Gasteiger partial charge in [0.05, 0.1) is 17.2 Å². The molecule has 0 aromatic carbocycles. The van der Waals surface area contributed by atoms with Crippen LogP contribution < -0.4 is 5.32 Å². The molecule has 0 aliphatic heterocycles. The second-order valence-electron chi connectivity index (χ2n) is 4.03. The van der Waals surface area contributed by atoms with Crippen LogP contribution in [0.1, 0.15) is 39.4 Å². The van der Waals surface area contributed by atoms with Crippen LogP contribution in [0.5, 0.6) is 0 Å². The number of nitrogens with zero attached hydrogens (tertiary/aromatic N) is 2. The zero-order valence-corrected chi connectivity index (χ0v) is 11.8. The summed E-state index contributed by atoms with van der Waals surface area (Å²) in [5, 5.41) is 5.29. The van der Waals surface area contributed by atoms with Gasteiger partial charge in [-0.25, -0.2) is 4.98 Å². The lowest BCUT2D eigenvalue weighted by molar-refractivity contribution is -0.132. The van der Waals surface area contributed by atoms with Crippen LogP contribution in [0.2, 0.25) is 0 Å². The molecule has 0 aliphatic carbocycles. The molecule has 4 nitrogen and oxygen atoms in total. The maximum Gasteiger partial charge on any atom is 0.239 e. The average molecular weight is 255 g/mol. The van der Waals surface area contributed by atoms with Crippen LogP contribution in [-0.4, -0.2) is 34.9 Å². The molecule has 2 atom stereocenters. The number of hydrogen-bond donors (Lipinski definition) is 1. The number of aromatic nitrogens is 1. The highest BCUT2D eigenvalue weighted by Gasteiger charge is 2.20. The van der Waals surface area contributed by atoms with E-state index in [1.807, 2.05) is 43.5 Å². The van der Waals surface area contributed by atoms with E-state index in [0.29, 0.717) is 0 Å². The van der Waals surface area contributed by atoms with Crippen LogP contribution in [-0.2, 0) is 4.79 Å². The summed E-state index contributed by atoms with van der Waals surface area (Å²) in [5.74, 6) is 0.150. The summed E-state index contributed by atoms with van der Waals surface area (Å²) >= 11 is 1.57. The topological polar surface area (TPSA) is 45.2 Å². The summed E-state index contributed by atoms with van der Waals surface area (Å²) in [6.07, 6.45) is 0. The molecule has 17 heavy (non-hydrogen) atoms. The van der Waals surface area contributed by atoms with Crippen molar-refractivity contribution in [1.29, 1.82) is 0 Å². The Kier molecular flexibility index (Phi) is 5.58. The second kappa shape index (κ2) is 6.71. The van der Waals surface area contributed by atoms with Crippen molar-refractivity contribution in [2.75, 3.05) is 13.1 Å². The van der Waals surface area contributed by atoms with E-state index in [4.69, 9.17) is 0 Å². The lowest BCUT2D eigenvalue weighted by Crippen LogP contribution is -2.45. The van der Waals surface area contributed by atoms with E-state index in [2.05, 4.69) is 10.3 Å². The van der Waals surface area contributed by atoms with Crippen LogP contribution in [0.4, 0.5) is 0 Å². The fraction of sp³-hybridized carbons (Fsp3) is 0.667. The van der Waals surface area contributed by atoms with Gasteiger partial charge in [0, 0.05) is 24.5 Å². The molecular formula is C12H21N3OS. The molecule has 2 unspecified atom stereocenters. The number of nitrogens with one attached hydrogen (secondary N) is 1. The van der Waals surface area contributed by atoms with Crippen molar-refractivity contribution in [2.45, 2.75) is 39.8 Å². The maximum absolute atomic E-state index is 12.1. The molecule has 0 saturated heterocycles. The molecule has 0 fully saturated rings. The van der Waals surface area contributed by atoms with E-state index in [1.165, 1.54) is 0 Å². The van der Waals surface area contributed by atoms with Gasteiger partial charge in [0.15, 0.2) is 0 Å². The predicted molar refractivity (Wildman–Crippen MR) is 71.1 cm³/mol. The standard InChI is InChI=1S/C12H21N3OS/c1-5-15(6-2)12(16)10(4)14-9(3)11-7-17-8-13-11/h7-10,14H,5-6H2,1-4H3. The van der Waals surface area contributed by atoms with Gasteiger partial charge in [-0.05, 0) is 27.7 Å². The van der Waals surface area contributed by atoms with Gasteiger partial charge < -0.3 is 4.90 Å². The van der Waals surface area contributed by atoms with Crippen molar-refractivity contribution in [3.63, 3.8) is 0 Å². The molecular weight excluding hydrogens is 234 g/mol. The highest BCUT2D eigenvalue weighted by Crippen LogP contribution is 2.13. The summed E-state index contributed by atoms with van der Waals surface area (Å²) in [4.78, 5) is 18.1. The van der Waals surface area contributed by atoms with E-state index in [1.54, 1.807) is 11.3 Å². The van der Waals surface area contributed by atoms with E-state index in [9.17, 15) is 4.79 Å². The smallest absolute Gasteiger partial charge is 0.239 e. The van der Waals surface area contributed by atoms with Gasteiger partial charge in [0.25, 0.3) is 0 Å². The molecule has 1 aromatic rings. The third kappa shape index (κ3) is 3.78. The molecule has 0 aliphatic rings. The SMILES string of the molecule is CCN(CC)C(=O)C(C)NC(C)c1cscn1. The van der Waals surface area contributed by atoms with Crippen LogP contribution in [0.3, 0.4) is 0 Å². The zero-order chi connectivity index (χ0) is 12.8. The zero-order valence-electron chi connectivity index (χ0n) is 10.9. The Morgan fingerprint density at radius 3 is 2.59 bits per heavy atom. The van der Waals surface area contributed by atoms with E-state index in [0.717, 1.165) is 18.8 Å². The largest absolute Gasteiger partial charge is 0.342 e. The molecule has 1 heterocycles. The third-order valence-corrected chi connectivity index (χ3v) is 3.45. The molecule has 0 saturated carbocycles. The van der Waals surface area contributed by atoms with Gasteiger partial charge in [0.2, 0.25) is 5.91 Å². The first-order chi connectivity index (χ1) is 8.10. The first-order valence-electron chi connectivity index (χ1n) is 6.03. The van der Waals surface area contributed by atoms with Gasteiger partial charge in [-0.3, -0.25) is 10.1 Å². The maximum atomic E-state index is 12.1. The average Bonchev–Trinajstić information content (AvgIpc) is 2.83. The Balaban J connectivity index is 2.54. The molecule has 5 heteroatoms. The molecule has 0 spiro atoms. The number of hydrogen-bond acceptors (Lipinski definition) is 4. The van der Waals surface area contributed by atoms with Crippen LogP contribution in [0, 0.1) is 0 Å². The minimum absolute atomic E-state index is 0.107. The minimum atomic E-state index is -0.174. The first kappa shape index (κ1) is 14.1. The normalized spacial score (nSPS) is 14.4. The Morgan fingerprint density at radius 2 is 2.12 bits per heavy atom. The van der Waals surface area contributed by atoms with Crippen LogP contribution in [0.25, 0.3) is 0 Å². The van der Waals surface area contributed by atoms with E-state index < -0.39 is 0 Å². The second-order valence-corrected chi connectivity index (χ2v) is 4.75. The number of likely N-dealkylation sites (N-methyl/N-ethyl adjacent to an activating group) is 1. The van der Waals surface area contributed by atoms with Gasteiger partial charge in [-0.1, -0.05) is 0 Å². The summed E-state index contributed by atoms with van der Waals surface area (Å²) in [6.45, 7) is 9.44. The number of amides is 1. The lowest BCUT2D eigenvalue weighted by atomic mass is 10.2. The Labute approximate surface area is 107 Å². The molecule has 1 rings (SSSR count). The molecule has 0 bridgehead atoms. The molecule has 1 N–H and O–H groups in total. The van der Waals surface area contributed by atoms with Crippen molar-refractivity contribution in [3.05, 3.63) is 16.6 Å². The molecule has 0 radical (unpaired) electrons. The van der Waals surface area contributed by atoms with E-state index >= 15 is 0 Å². The number of rotatable bonds is 6. The van der Waals surface area contributed by atoms with Crippen molar-refractivity contribution >= 4 is 17.2 Å². The number of carbonyl (C=O) groups is 1. The van der Waals surface area contributed by atoms with Crippen molar-refractivity contribution in [3.8, 4) is 0 Å². The quantitative estimate of drug-likeness (QED) is 0.846. The van der Waals surface area contributed by atoms with Gasteiger partial charge >= 0.3 is 0 Å².